The fourth-order valence-electron chi connectivity index (χ4n) is 8.41. The van der Waals surface area contributed by atoms with Gasteiger partial charge in [-0.3, -0.25) is 0 Å². The minimum Gasteiger partial charge on any atom is -0.449 e. The minimum atomic E-state index is -0.462. The van der Waals surface area contributed by atoms with Gasteiger partial charge < -0.3 is 9.84 Å². The molecular formula is C26H42N2O3. The molecule has 0 bridgehead atoms. The number of hydrazone groups is 1. The summed E-state index contributed by atoms with van der Waals surface area (Å²) in [5, 5.41) is 14.7. The smallest absolute Gasteiger partial charge is 0.427 e. The summed E-state index contributed by atoms with van der Waals surface area (Å²) in [5.74, 6) is 3.21. The number of carbonyl (C=O) groups is 1. The zero-order valence-electron chi connectivity index (χ0n) is 20.1. The average molecular weight is 431 g/mol. The van der Waals surface area contributed by atoms with Gasteiger partial charge in [0.2, 0.25) is 0 Å². The highest BCUT2D eigenvalue weighted by atomic mass is 16.5. The number of hydrogen-bond donors (Lipinski definition) is 2. The van der Waals surface area contributed by atoms with Gasteiger partial charge in [-0.1, -0.05) is 38.8 Å². The maximum atomic E-state index is 11.8. The molecule has 0 radical (unpaired) electrons. The van der Waals surface area contributed by atoms with E-state index in [1.54, 1.807) is 0 Å². The first-order valence-electron chi connectivity index (χ1n) is 12.6. The van der Waals surface area contributed by atoms with E-state index in [-0.39, 0.29) is 16.9 Å². The molecule has 0 saturated heterocycles. The van der Waals surface area contributed by atoms with Crippen molar-refractivity contribution in [3.8, 4) is 0 Å². The van der Waals surface area contributed by atoms with Crippen molar-refractivity contribution in [1.82, 2.24) is 5.43 Å². The van der Waals surface area contributed by atoms with E-state index in [0.29, 0.717) is 24.4 Å². The Hall–Kier alpha value is -1.36. The lowest BCUT2D eigenvalue weighted by atomic mass is 9.47. The molecule has 0 unspecified atom stereocenters. The first-order chi connectivity index (χ1) is 14.7. The van der Waals surface area contributed by atoms with Crippen LogP contribution in [0.1, 0.15) is 86.0 Å². The molecule has 174 valence electrons. The third kappa shape index (κ3) is 3.75. The number of nitrogens with zero attached hydrogens (tertiary/aromatic N) is 1. The predicted molar refractivity (Wildman–Crippen MR) is 124 cm³/mol. The Morgan fingerprint density at radius 1 is 1.26 bits per heavy atom. The number of hydrogen-bond acceptors (Lipinski definition) is 4. The highest BCUT2D eigenvalue weighted by molar-refractivity contribution is 5.86. The lowest BCUT2D eigenvalue weighted by molar-refractivity contribution is -0.0425. The lowest BCUT2D eigenvalue weighted by Gasteiger charge is -2.58. The molecule has 0 aromatic rings. The molecule has 0 aliphatic heterocycles. The van der Waals surface area contributed by atoms with E-state index in [4.69, 9.17) is 4.74 Å². The minimum absolute atomic E-state index is 0.143. The molecule has 0 aromatic heterocycles. The maximum absolute atomic E-state index is 11.8. The first kappa shape index (κ1) is 22.8. The van der Waals surface area contributed by atoms with E-state index in [2.05, 4.69) is 44.3 Å². The van der Waals surface area contributed by atoms with E-state index < -0.39 is 6.09 Å². The highest BCUT2D eigenvalue weighted by Crippen LogP contribution is 2.67. The van der Waals surface area contributed by atoms with Gasteiger partial charge in [0.1, 0.15) is 0 Å². The molecule has 3 fully saturated rings. The van der Waals surface area contributed by atoms with Gasteiger partial charge in [0.15, 0.2) is 0 Å². The molecule has 3 saturated carbocycles. The summed E-state index contributed by atoms with van der Waals surface area (Å²) in [6.45, 7) is 11.6. The van der Waals surface area contributed by atoms with Gasteiger partial charge in [-0.05, 0) is 93.3 Å². The van der Waals surface area contributed by atoms with E-state index in [1.165, 1.54) is 31.3 Å². The van der Waals surface area contributed by atoms with Crippen LogP contribution in [0.15, 0.2) is 16.8 Å². The molecule has 4 aliphatic rings. The van der Waals surface area contributed by atoms with Crippen molar-refractivity contribution in [3.05, 3.63) is 11.6 Å². The van der Waals surface area contributed by atoms with Crippen LogP contribution in [0.3, 0.4) is 0 Å². The van der Waals surface area contributed by atoms with E-state index in [9.17, 15) is 9.90 Å². The van der Waals surface area contributed by atoms with Crippen LogP contribution in [0.5, 0.6) is 0 Å². The number of nitrogens with one attached hydrogen (secondary N) is 1. The van der Waals surface area contributed by atoms with Crippen molar-refractivity contribution in [2.75, 3.05) is 6.61 Å². The van der Waals surface area contributed by atoms with E-state index in [1.807, 2.05) is 6.92 Å². The van der Waals surface area contributed by atoms with Crippen LogP contribution in [0, 0.1) is 40.4 Å². The normalized spacial score (nSPS) is 44.6. The van der Waals surface area contributed by atoms with Crippen LogP contribution in [0.4, 0.5) is 4.79 Å². The van der Waals surface area contributed by atoms with Gasteiger partial charge >= 0.3 is 6.09 Å². The van der Waals surface area contributed by atoms with Crippen LogP contribution >= 0.6 is 0 Å². The van der Waals surface area contributed by atoms with Crippen molar-refractivity contribution in [1.29, 1.82) is 0 Å². The number of rotatable bonds is 4. The standard InChI is InChI=1S/C26H42N2O3/c1-6-17-14-22-20-9-8-18-15-19(29)10-12-25(18,4)21(20)11-13-26(22,5)23(17)16(3)27-28-24(30)31-7-2/h8,17,19-23,29H,6-7,9-15H2,1-5H3,(H,28,30)/b27-16+/t17-,19+,20-,21-,22-,23+,25+,26+/m1/s1. The van der Waals surface area contributed by atoms with Crippen LogP contribution < -0.4 is 5.43 Å². The molecule has 8 atom stereocenters. The van der Waals surface area contributed by atoms with E-state index >= 15 is 0 Å². The summed E-state index contributed by atoms with van der Waals surface area (Å²) < 4.78 is 5.00. The number of aliphatic hydroxyl groups is 1. The third-order valence-corrected chi connectivity index (χ3v) is 9.83. The van der Waals surface area contributed by atoms with Gasteiger partial charge in [0.05, 0.1) is 12.7 Å². The maximum Gasteiger partial charge on any atom is 0.427 e. The number of amides is 1. The Balaban J connectivity index is 1.60. The molecule has 4 rings (SSSR count). The van der Waals surface area contributed by atoms with Gasteiger partial charge in [-0.25, -0.2) is 10.2 Å². The van der Waals surface area contributed by atoms with Crippen molar-refractivity contribution < 1.29 is 14.6 Å². The largest absolute Gasteiger partial charge is 0.449 e. The summed E-state index contributed by atoms with van der Waals surface area (Å²) in [4.78, 5) is 11.8. The summed E-state index contributed by atoms with van der Waals surface area (Å²) in [6.07, 6.45) is 11.0. The van der Waals surface area contributed by atoms with Crippen LogP contribution in [-0.2, 0) is 4.74 Å². The summed E-state index contributed by atoms with van der Waals surface area (Å²) in [6, 6.07) is 0. The molecule has 5 nitrogen and oxygen atoms in total. The zero-order valence-corrected chi connectivity index (χ0v) is 20.1. The highest BCUT2D eigenvalue weighted by Gasteiger charge is 2.61. The Bertz CT molecular complexity index is 762. The molecule has 2 N–H and O–H groups in total. The average Bonchev–Trinajstić information content (AvgIpc) is 3.05. The van der Waals surface area contributed by atoms with E-state index in [0.717, 1.165) is 43.2 Å². The quantitative estimate of drug-likeness (QED) is 0.342. The summed E-state index contributed by atoms with van der Waals surface area (Å²) in [5.41, 5.74) is 5.72. The van der Waals surface area contributed by atoms with Crippen LogP contribution in [0.2, 0.25) is 0 Å². The lowest BCUT2D eigenvalue weighted by Crippen LogP contribution is -2.51. The molecule has 4 aliphatic carbocycles. The fraction of sp³-hybridized carbons (Fsp3) is 0.846. The van der Waals surface area contributed by atoms with Crippen molar-refractivity contribution in [2.45, 2.75) is 92.1 Å². The number of ether oxygens (including phenoxy) is 1. The summed E-state index contributed by atoms with van der Waals surface area (Å²) in [7, 11) is 0. The zero-order chi connectivity index (χ0) is 22.4. The second-order valence-electron chi connectivity index (χ2n) is 11.2. The van der Waals surface area contributed by atoms with Gasteiger partial charge in [-0.15, -0.1) is 0 Å². The monoisotopic (exact) mass is 430 g/mol. The topological polar surface area (TPSA) is 70.9 Å². The first-order valence-corrected chi connectivity index (χ1v) is 12.6. The predicted octanol–water partition coefficient (Wildman–Crippen LogP) is 5.68. The Kier molecular flexibility index (Phi) is 6.28. The molecular weight excluding hydrogens is 388 g/mol. The van der Waals surface area contributed by atoms with Crippen molar-refractivity contribution >= 4 is 11.8 Å². The molecule has 0 spiro atoms. The molecule has 1 amide bonds. The van der Waals surface area contributed by atoms with Gasteiger partial charge in [0, 0.05) is 11.6 Å². The molecule has 0 aromatic carbocycles. The molecule has 0 heterocycles. The van der Waals surface area contributed by atoms with Gasteiger partial charge in [0.25, 0.3) is 0 Å². The van der Waals surface area contributed by atoms with Crippen LogP contribution in [0.25, 0.3) is 0 Å². The Morgan fingerprint density at radius 3 is 2.74 bits per heavy atom. The SMILES string of the molecule is CCOC(=O)N/N=C(\C)[C@H]1[C@H](CC)C[C@@H]2[C@@H]3CC=C4C[C@@H](O)CC[C@]4(C)[C@@H]3CC[C@@]21C. The van der Waals surface area contributed by atoms with Gasteiger partial charge in [-0.2, -0.15) is 5.10 Å². The van der Waals surface area contributed by atoms with Crippen molar-refractivity contribution in [2.24, 2.45) is 45.5 Å². The number of allylic oxidation sites excluding steroid dienone is 1. The Labute approximate surface area is 188 Å². The fourth-order valence-corrected chi connectivity index (χ4v) is 8.41. The second-order valence-corrected chi connectivity index (χ2v) is 11.2. The van der Waals surface area contributed by atoms with Crippen LogP contribution in [-0.4, -0.2) is 29.6 Å². The Morgan fingerprint density at radius 2 is 2.03 bits per heavy atom. The number of carbonyl (C=O) groups excluding carboxylic acids is 1. The summed E-state index contributed by atoms with van der Waals surface area (Å²) >= 11 is 0. The second kappa shape index (κ2) is 8.53. The number of fused-ring (bicyclic) bond motifs is 5. The molecule has 5 heteroatoms. The molecule has 31 heavy (non-hydrogen) atoms. The van der Waals surface area contributed by atoms with Crippen molar-refractivity contribution in [3.63, 3.8) is 0 Å². The number of aliphatic hydroxyl groups excluding tert-OH is 1. The third-order valence-electron chi connectivity index (χ3n) is 9.83.